The van der Waals surface area contributed by atoms with Crippen LogP contribution in [-0.2, 0) is 4.79 Å². The number of alkyl halides is 3. The molecule has 138 valence electrons. The van der Waals surface area contributed by atoms with E-state index in [2.05, 4.69) is 15.0 Å². The zero-order valence-corrected chi connectivity index (χ0v) is 14.1. The number of carbonyl (C=O) groups excluding carboxylic acids is 2. The Morgan fingerprint density at radius 1 is 1.19 bits per heavy atom. The van der Waals surface area contributed by atoms with Gasteiger partial charge in [-0.2, -0.15) is 13.2 Å². The van der Waals surface area contributed by atoms with Gasteiger partial charge in [-0.05, 0) is 18.2 Å². The Morgan fingerprint density at radius 2 is 1.92 bits per heavy atom. The molecule has 1 aromatic carbocycles. The number of amides is 2. The van der Waals surface area contributed by atoms with Gasteiger partial charge in [-0.3, -0.25) is 9.59 Å². The Balaban J connectivity index is 2.03. The highest BCUT2D eigenvalue weighted by Gasteiger charge is 2.28. The number of hydrogen-bond donors (Lipinski definition) is 2. The van der Waals surface area contributed by atoms with Crippen molar-refractivity contribution in [2.75, 3.05) is 17.7 Å². The molecule has 0 saturated carbocycles. The molecule has 0 aliphatic heterocycles. The van der Waals surface area contributed by atoms with Crippen LogP contribution < -0.4 is 15.8 Å². The third-order valence-corrected chi connectivity index (χ3v) is 3.98. The molecule has 1 aromatic heterocycles. The lowest BCUT2D eigenvalue weighted by molar-refractivity contribution is -0.154. The van der Waals surface area contributed by atoms with Gasteiger partial charge in [-0.15, -0.1) is 11.8 Å². The van der Waals surface area contributed by atoms with Crippen LogP contribution in [0.3, 0.4) is 0 Å². The minimum absolute atomic E-state index is 0.0552. The lowest BCUT2D eigenvalue weighted by atomic mass is 10.2. The summed E-state index contributed by atoms with van der Waals surface area (Å²) in [5.74, 6) is -1.18. The molecule has 2 amide bonds. The number of nitrogens with two attached hydrogens (primary N) is 1. The zero-order chi connectivity index (χ0) is 19.2. The number of ether oxygens (including phenoxy) is 1. The molecular weight excluding hydrogens is 371 g/mol. The molecule has 26 heavy (non-hydrogen) atoms. The normalized spacial score (nSPS) is 11.0. The number of halogens is 3. The number of nitrogens with one attached hydrogen (secondary N) is 1. The number of hydrogen-bond acceptors (Lipinski definition) is 5. The van der Waals surface area contributed by atoms with Gasteiger partial charge in [0.15, 0.2) is 6.61 Å². The van der Waals surface area contributed by atoms with E-state index >= 15 is 0 Å². The van der Waals surface area contributed by atoms with E-state index < -0.39 is 24.6 Å². The van der Waals surface area contributed by atoms with E-state index in [1.54, 1.807) is 24.3 Å². The van der Waals surface area contributed by atoms with Crippen LogP contribution in [0.25, 0.3) is 0 Å². The van der Waals surface area contributed by atoms with Crippen molar-refractivity contribution >= 4 is 29.3 Å². The molecule has 0 atom stereocenters. The Labute approximate surface area is 150 Å². The second kappa shape index (κ2) is 8.56. The fourth-order valence-corrected chi connectivity index (χ4v) is 2.54. The largest absolute Gasteiger partial charge is 0.468 e. The van der Waals surface area contributed by atoms with Crippen LogP contribution in [-0.4, -0.2) is 35.3 Å². The van der Waals surface area contributed by atoms with E-state index in [4.69, 9.17) is 5.73 Å². The first-order valence-electron chi connectivity index (χ1n) is 7.22. The van der Waals surface area contributed by atoms with E-state index in [0.29, 0.717) is 10.6 Å². The molecule has 0 bridgehead atoms. The fourth-order valence-electron chi connectivity index (χ4n) is 1.79. The second-order valence-electron chi connectivity index (χ2n) is 4.99. The van der Waals surface area contributed by atoms with Crippen LogP contribution in [0.5, 0.6) is 5.88 Å². The molecule has 0 aliphatic rings. The number of nitrogens with zero attached hydrogens (tertiary/aromatic N) is 1. The van der Waals surface area contributed by atoms with E-state index in [1.807, 2.05) is 0 Å². The van der Waals surface area contributed by atoms with E-state index in [9.17, 15) is 22.8 Å². The molecule has 1 heterocycles. The van der Waals surface area contributed by atoms with Gasteiger partial charge in [0, 0.05) is 17.2 Å². The number of aromatic nitrogens is 1. The summed E-state index contributed by atoms with van der Waals surface area (Å²) in [6.45, 7) is -1.46. The first-order chi connectivity index (χ1) is 12.2. The highest BCUT2D eigenvalue weighted by molar-refractivity contribution is 8.00. The molecule has 0 unspecified atom stereocenters. The van der Waals surface area contributed by atoms with Crippen molar-refractivity contribution < 1.29 is 27.5 Å². The van der Waals surface area contributed by atoms with E-state index in [1.165, 1.54) is 23.9 Å². The number of rotatable bonds is 7. The van der Waals surface area contributed by atoms with Crippen molar-refractivity contribution in [3.8, 4) is 5.88 Å². The third kappa shape index (κ3) is 6.28. The van der Waals surface area contributed by atoms with Crippen LogP contribution in [0.2, 0.25) is 0 Å². The highest BCUT2D eigenvalue weighted by atomic mass is 32.2. The zero-order valence-electron chi connectivity index (χ0n) is 13.2. The number of anilines is 1. The number of pyridine rings is 1. The Bertz CT molecular complexity index is 782. The first kappa shape index (κ1) is 19.6. The first-order valence-corrected chi connectivity index (χ1v) is 8.20. The van der Waals surface area contributed by atoms with E-state index in [0.717, 1.165) is 6.20 Å². The van der Waals surface area contributed by atoms with Crippen LogP contribution in [0, 0.1) is 0 Å². The molecule has 2 aromatic rings. The third-order valence-electron chi connectivity index (χ3n) is 2.89. The topological polar surface area (TPSA) is 94.3 Å². The van der Waals surface area contributed by atoms with Crippen LogP contribution >= 0.6 is 11.8 Å². The molecule has 2 rings (SSSR count). The van der Waals surface area contributed by atoms with Gasteiger partial charge in [0.2, 0.25) is 11.8 Å². The minimum atomic E-state index is -4.47. The maximum absolute atomic E-state index is 12.3. The smallest absolute Gasteiger partial charge is 0.422 e. The number of carbonyl (C=O) groups is 2. The van der Waals surface area contributed by atoms with Crippen LogP contribution in [0.1, 0.15) is 10.4 Å². The summed E-state index contributed by atoms with van der Waals surface area (Å²) in [5, 5.41) is 2.65. The van der Waals surface area contributed by atoms with Crippen molar-refractivity contribution in [3.63, 3.8) is 0 Å². The van der Waals surface area contributed by atoms with Crippen LogP contribution in [0.4, 0.5) is 18.9 Å². The van der Waals surface area contributed by atoms with Gasteiger partial charge in [0.25, 0.3) is 5.91 Å². The van der Waals surface area contributed by atoms with Gasteiger partial charge in [-0.25, -0.2) is 4.98 Å². The SMILES string of the molecule is NC(=O)CSc1ccccc1NC(=O)c1ccc(OCC(F)(F)F)nc1. The molecule has 0 aliphatic carbocycles. The molecule has 0 radical (unpaired) electrons. The number of primary amides is 1. The van der Waals surface area contributed by atoms with Crippen molar-refractivity contribution in [2.24, 2.45) is 5.73 Å². The second-order valence-corrected chi connectivity index (χ2v) is 6.01. The van der Waals surface area contributed by atoms with E-state index in [-0.39, 0.29) is 17.2 Å². The predicted molar refractivity (Wildman–Crippen MR) is 90.1 cm³/mol. The summed E-state index contributed by atoms with van der Waals surface area (Å²) in [6.07, 6.45) is -3.36. The van der Waals surface area contributed by atoms with Gasteiger partial charge in [0.05, 0.1) is 17.0 Å². The average Bonchev–Trinajstić information content (AvgIpc) is 2.59. The standard InChI is InChI=1S/C16H14F3N3O3S/c17-16(18,19)9-25-14-6-5-10(7-21-14)15(24)22-11-3-1-2-4-12(11)26-8-13(20)23/h1-7H,8-9H2,(H2,20,23)(H,22,24). The maximum atomic E-state index is 12.3. The van der Waals surface area contributed by atoms with Crippen molar-refractivity contribution in [1.29, 1.82) is 0 Å². The lowest BCUT2D eigenvalue weighted by Gasteiger charge is -2.11. The summed E-state index contributed by atoms with van der Waals surface area (Å²) in [6, 6.07) is 9.29. The Kier molecular flexibility index (Phi) is 6.45. The van der Waals surface area contributed by atoms with Gasteiger partial charge in [-0.1, -0.05) is 12.1 Å². The maximum Gasteiger partial charge on any atom is 0.422 e. The summed E-state index contributed by atoms with van der Waals surface area (Å²) in [5.41, 5.74) is 5.72. The predicted octanol–water partition coefficient (Wildman–Crippen LogP) is 2.85. The number of thioether (sulfide) groups is 1. The molecule has 10 heteroatoms. The van der Waals surface area contributed by atoms with Crippen LogP contribution in [0.15, 0.2) is 47.5 Å². The van der Waals surface area contributed by atoms with Crippen molar-refractivity contribution in [1.82, 2.24) is 4.98 Å². The van der Waals surface area contributed by atoms with Gasteiger partial charge >= 0.3 is 6.18 Å². The van der Waals surface area contributed by atoms with Crippen molar-refractivity contribution in [2.45, 2.75) is 11.1 Å². The molecule has 3 N–H and O–H groups in total. The van der Waals surface area contributed by atoms with Gasteiger partial charge in [0.1, 0.15) is 0 Å². The molecule has 6 nitrogen and oxygen atoms in total. The highest BCUT2D eigenvalue weighted by Crippen LogP contribution is 2.27. The summed E-state index contributed by atoms with van der Waals surface area (Å²) in [4.78, 5) is 27.5. The van der Waals surface area contributed by atoms with Gasteiger partial charge < -0.3 is 15.8 Å². The lowest BCUT2D eigenvalue weighted by Crippen LogP contribution is -2.19. The minimum Gasteiger partial charge on any atom is -0.468 e. The van der Waals surface area contributed by atoms with Crippen molar-refractivity contribution in [3.05, 3.63) is 48.2 Å². The Morgan fingerprint density at radius 3 is 2.54 bits per heavy atom. The fraction of sp³-hybridized carbons (Fsp3) is 0.188. The molecular formula is C16H14F3N3O3S. The summed E-state index contributed by atoms with van der Waals surface area (Å²) in [7, 11) is 0. The Hall–Kier alpha value is -2.75. The molecule has 0 spiro atoms. The number of benzene rings is 1. The quantitative estimate of drug-likeness (QED) is 0.715. The molecule has 0 saturated heterocycles. The summed E-state index contributed by atoms with van der Waals surface area (Å²) < 4.78 is 40.8. The molecule has 0 fully saturated rings. The summed E-state index contributed by atoms with van der Waals surface area (Å²) >= 11 is 1.17. The average molecular weight is 385 g/mol. The number of para-hydroxylation sites is 1. The monoisotopic (exact) mass is 385 g/mol.